The van der Waals surface area contributed by atoms with Crippen molar-refractivity contribution in [3.05, 3.63) is 40.4 Å². The molecule has 0 N–H and O–H groups in total. The average molecular weight is 157 g/mol. The normalized spacial score (nSPS) is 13.8. The summed E-state index contributed by atoms with van der Waals surface area (Å²) < 4.78 is 0. The summed E-state index contributed by atoms with van der Waals surface area (Å²) in [6.45, 7) is 0.459. The van der Waals surface area contributed by atoms with Gasteiger partial charge in [0.05, 0.1) is 17.5 Å². The van der Waals surface area contributed by atoms with Crippen LogP contribution in [-0.4, -0.2) is 12.5 Å². The number of fused-ring (bicyclic) bond motifs is 1. The van der Waals surface area contributed by atoms with Crippen LogP contribution in [0.2, 0.25) is 0 Å². The van der Waals surface area contributed by atoms with Gasteiger partial charge in [0.15, 0.2) is 0 Å². The highest BCUT2D eigenvalue weighted by atomic mass is 16.1. The van der Waals surface area contributed by atoms with Crippen molar-refractivity contribution in [2.45, 2.75) is 0 Å². The summed E-state index contributed by atoms with van der Waals surface area (Å²) >= 11 is 0. The fourth-order valence-corrected chi connectivity index (χ4v) is 1.22. The molecule has 0 saturated carbocycles. The maximum atomic E-state index is 10.3. The molecule has 0 unspecified atom stereocenters. The molecule has 1 heterocycles. The fourth-order valence-electron chi connectivity index (χ4n) is 1.22. The largest absolute Gasteiger partial charge is 0.279 e. The number of hydrogen-bond donors (Lipinski definition) is 0. The minimum Gasteiger partial charge on any atom is -0.279 e. The van der Waals surface area contributed by atoms with E-state index in [0.29, 0.717) is 12.1 Å². The van der Waals surface area contributed by atoms with E-state index in [1.165, 1.54) is 0 Å². The number of benzene rings is 1. The second-order valence-corrected chi connectivity index (χ2v) is 2.65. The van der Waals surface area contributed by atoms with Gasteiger partial charge in [-0.25, -0.2) is 4.79 Å². The number of hydrogen-bond acceptors (Lipinski definition) is 2. The predicted molar refractivity (Wildman–Crippen MR) is 45.8 cm³/mol. The lowest BCUT2D eigenvalue weighted by Crippen LogP contribution is -2.28. The first-order valence-corrected chi connectivity index (χ1v) is 3.75. The second kappa shape index (κ2) is 2.76. The van der Waals surface area contributed by atoms with Gasteiger partial charge < -0.3 is 0 Å². The van der Waals surface area contributed by atoms with E-state index in [9.17, 15) is 4.79 Å². The van der Waals surface area contributed by atoms with Crippen molar-refractivity contribution in [2.75, 3.05) is 6.54 Å². The van der Waals surface area contributed by atoms with E-state index >= 15 is 0 Å². The number of para-hydroxylation sites is 1. The summed E-state index contributed by atoms with van der Waals surface area (Å²) in [6, 6.07) is 7.74. The smallest absolute Gasteiger partial charge is 0.129 e. The molecule has 0 spiro atoms. The maximum Gasteiger partial charge on any atom is 0.129 e. The highest BCUT2D eigenvalue weighted by Crippen LogP contribution is 1.92. The molecule has 12 heavy (non-hydrogen) atoms. The topological polar surface area (TPSA) is 29.4 Å². The van der Waals surface area contributed by atoms with Crippen molar-refractivity contribution in [1.82, 2.24) is 0 Å². The Morgan fingerprint density at radius 3 is 3.00 bits per heavy atom. The molecule has 0 saturated heterocycles. The Bertz CT molecular complexity index is 467. The highest BCUT2D eigenvalue weighted by Gasteiger charge is 1.98. The Hall–Kier alpha value is -1.66. The molecule has 2 rings (SSSR count). The summed E-state index contributed by atoms with van der Waals surface area (Å²) in [5.41, 5.74) is 0.619. The van der Waals surface area contributed by atoms with Gasteiger partial charge in [0, 0.05) is 5.22 Å². The summed E-state index contributed by atoms with van der Waals surface area (Å²) in [5, 5.41) is 1.96. The lowest BCUT2D eigenvalue weighted by Gasteiger charge is -1.98. The molecule has 0 atom stereocenters. The molecule has 1 aliphatic heterocycles. The third kappa shape index (κ3) is 1.09. The molecular formula is C10H7NO. The first kappa shape index (κ1) is 7.01. The Balaban J connectivity index is 2.80. The van der Waals surface area contributed by atoms with Crippen LogP contribution in [0.5, 0.6) is 0 Å². The molecule has 0 bridgehead atoms. The van der Waals surface area contributed by atoms with Gasteiger partial charge in [0.2, 0.25) is 0 Å². The van der Waals surface area contributed by atoms with Gasteiger partial charge in [0.1, 0.15) is 5.94 Å². The van der Waals surface area contributed by atoms with Crippen molar-refractivity contribution in [1.29, 1.82) is 0 Å². The van der Waals surface area contributed by atoms with Crippen LogP contribution in [0.4, 0.5) is 0 Å². The highest BCUT2D eigenvalue weighted by molar-refractivity contribution is 5.69. The number of rotatable bonds is 0. The maximum absolute atomic E-state index is 10.3. The van der Waals surface area contributed by atoms with Crippen LogP contribution in [0.15, 0.2) is 34.8 Å². The van der Waals surface area contributed by atoms with Gasteiger partial charge in [-0.15, -0.1) is 0 Å². The van der Waals surface area contributed by atoms with E-state index in [1.54, 1.807) is 0 Å². The van der Waals surface area contributed by atoms with E-state index in [2.05, 4.69) is 4.99 Å². The van der Waals surface area contributed by atoms with Gasteiger partial charge >= 0.3 is 0 Å². The van der Waals surface area contributed by atoms with E-state index in [1.807, 2.05) is 36.3 Å². The van der Waals surface area contributed by atoms with Gasteiger partial charge in [-0.05, 0) is 12.1 Å². The van der Waals surface area contributed by atoms with Crippen molar-refractivity contribution in [3.63, 3.8) is 0 Å². The summed E-state index contributed by atoms with van der Waals surface area (Å²) in [5.74, 6) is 1.86. The van der Waals surface area contributed by atoms with Crippen molar-refractivity contribution >= 4 is 12.0 Å². The first-order valence-electron chi connectivity index (χ1n) is 3.75. The molecule has 2 nitrogen and oxygen atoms in total. The minimum atomic E-state index is 0.459. The quantitative estimate of drug-likeness (QED) is 0.482. The standard InChI is InChI=1S/C10H7NO/c12-7-8-5-9-3-1-2-4-10(9)11-6-8/h1-5H,6H2. The van der Waals surface area contributed by atoms with Gasteiger partial charge in [0.25, 0.3) is 0 Å². The first-order chi connectivity index (χ1) is 5.90. The lowest BCUT2D eigenvalue weighted by atomic mass is 10.1. The number of nitrogens with zero attached hydrogens (tertiary/aromatic N) is 1. The average Bonchev–Trinajstić information content (AvgIpc) is 2.17. The Morgan fingerprint density at radius 1 is 1.33 bits per heavy atom. The summed E-state index contributed by atoms with van der Waals surface area (Å²) in [6.07, 6.45) is 1.83. The van der Waals surface area contributed by atoms with Crippen LogP contribution >= 0.6 is 0 Å². The van der Waals surface area contributed by atoms with Crippen LogP contribution in [0.1, 0.15) is 0 Å². The Labute approximate surface area is 69.6 Å². The molecule has 1 aromatic rings. The van der Waals surface area contributed by atoms with Crippen molar-refractivity contribution in [3.8, 4) is 0 Å². The Kier molecular flexibility index (Phi) is 1.61. The molecule has 0 fully saturated rings. The van der Waals surface area contributed by atoms with E-state index in [4.69, 9.17) is 0 Å². The molecule has 0 amide bonds. The van der Waals surface area contributed by atoms with Crippen LogP contribution in [0.3, 0.4) is 0 Å². The summed E-state index contributed by atoms with van der Waals surface area (Å²) in [4.78, 5) is 14.5. The van der Waals surface area contributed by atoms with Crippen molar-refractivity contribution < 1.29 is 4.79 Å². The SMILES string of the molecule is O=C=C1C=c2ccccc2=NC1. The zero-order valence-electron chi connectivity index (χ0n) is 6.45. The van der Waals surface area contributed by atoms with Crippen LogP contribution < -0.4 is 10.6 Å². The molecule has 2 heteroatoms. The Morgan fingerprint density at radius 2 is 2.17 bits per heavy atom. The monoisotopic (exact) mass is 157 g/mol. The second-order valence-electron chi connectivity index (χ2n) is 2.65. The zero-order chi connectivity index (χ0) is 8.39. The molecule has 0 radical (unpaired) electrons. The van der Waals surface area contributed by atoms with Crippen LogP contribution in [0.25, 0.3) is 6.08 Å². The predicted octanol–water partition coefficient (Wildman–Crippen LogP) is -0.142. The van der Waals surface area contributed by atoms with Crippen LogP contribution in [0, 0.1) is 0 Å². The van der Waals surface area contributed by atoms with E-state index in [0.717, 1.165) is 10.6 Å². The minimum absolute atomic E-state index is 0.459. The molecule has 1 aliphatic rings. The van der Waals surface area contributed by atoms with Gasteiger partial charge in [-0.3, -0.25) is 4.99 Å². The van der Waals surface area contributed by atoms with Gasteiger partial charge in [-0.2, -0.15) is 0 Å². The molecule has 0 aliphatic carbocycles. The van der Waals surface area contributed by atoms with Gasteiger partial charge in [-0.1, -0.05) is 18.2 Å². The summed E-state index contributed by atoms with van der Waals surface area (Å²) in [7, 11) is 0. The van der Waals surface area contributed by atoms with E-state index in [-0.39, 0.29) is 0 Å². The molecular weight excluding hydrogens is 150 g/mol. The molecule has 0 aromatic heterocycles. The zero-order valence-corrected chi connectivity index (χ0v) is 6.45. The third-order valence-electron chi connectivity index (χ3n) is 1.82. The molecule has 1 aromatic carbocycles. The van der Waals surface area contributed by atoms with Crippen LogP contribution in [-0.2, 0) is 4.79 Å². The fraction of sp³-hybridized carbons (Fsp3) is 0.100. The molecule has 58 valence electrons. The lowest BCUT2D eigenvalue weighted by molar-refractivity contribution is 0.567. The third-order valence-corrected chi connectivity index (χ3v) is 1.82. The number of carbonyl (C=O) groups excluding carboxylic acids is 1. The van der Waals surface area contributed by atoms with Crippen molar-refractivity contribution in [2.24, 2.45) is 4.99 Å². The van der Waals surface area contributed by atoms with E-state index < -0.39 is 0 Å².